The SMILES string of the molecule is N#C/C=C/C1CCC(c2ccc(F)c(F)c2)CC1. The largest absolute Gasteiger partial charge is 0.204 e. The van der Waals surface area contributed by atoms with Gasteiger partial charge in [0.15, 0.2) is 11.6 Å². The van der Waals surface area contributed by atoms with Crippen molar-refractivity contribution in [3.05, 3.63) is 47.5 Å². The number of allylic oxidation sites excluding steroid dienone is 2. The van der Waals surface area contributed by atoms with Gasteiger partial charge in [0.1, 0.15) is 0 Å². The molecule has 0 saturated heterocycles. The fourth-order valence-corrected chi connectivity index (χ4v) is 2.59. The van der Waals surface area contributed by atoms with Gasteiger partial charge in [-0.2, -0.15) is 5.26 Å². The smallest absolute Gasteiger partial charge is 0.159 e. The van der Waals surface area contributed by atoms with Crippen LogP contribution in [-0.2, 0) is 0 Å². The van der Waals surface area contributed by atoms with Gasteiger partial charge >= 0.3 is 0 Å². The molecule has 94 valence electrons. The molecule has 0 heterocycles. The summed E-state index contributed by atoms with van der Waals surface area (Å²) in [5.74, 6) is -0.790. The lowest BCUT2D eigenvalue weighted by atomic mass is 9.78. The van der Waals surface area contributed by atoms with Gasteiger partial charge in [0.05, 0.1) is 6.07 Å². The zero-order chi connectivity index (χ0) is 13.0. The summed E-state index contributed by atoms with van der Waals surface area (Å²) in [5, 5.41) is 8.47. The average molecular weight is 247 g/mol. The second-order valence-corrected chi connectivity index (χ2v) is 4.77. The van der Waals surface area contributed by atoms with Crippen LogP contribution in [0.4, 0.5) is 8.78 Å². The maximum Gasteiger partial charge on any atom is 0.159 e. The highest BCUT2D eigenvalue weighted by molar-refractivity contribution is 5.22. The van der Waals surface area contributed by atoms with Gasteiger partial charge in [-0.15, -0.1) is 0 Å². The van der Waals surface area contributed by atoms with E-state index in [2.05, 4.69) is 0 Å². The number of nitrogens with zero attached hydrogens (tertiary/aromatic N) is 1. The molecule has 3 heteroatoms. The highest BCUT2D eigenvalue weighted by atomic mass is 19.2. The molecular formula is C15H15F2N. The maximum atomic E-state index is 13.2. The second kappa shape index (κ2) is 5.77. The van der Waals surface area contributed by atoms with Crippen molar-refractivity contribution in [1.29, 1.82) is 5.26 Å². The summed E-state index contributed by atoms with van der Waals surface area (Å²) in [4.78, 5) is 0. The number of halogens is 2. The zero-order valence-corrected chi connectivity index (χ0v) is 10.1. The number of hydrogen-bond donors (Lipinski definition) is 0. The van der Waals surface area contributed by atoms with Gasteiger partial charge in [0.2, 0.25) is 0 Å². The Balaban J connectivity index is 1.99. The third-order valence-corrected chi connectivity index (χ3v) is 3.63. The van der Waals surface area contributed by atoms with Crippen LogP contribution in [0.5, 0.6) is 0 Å². The molecule has 18 heavy (non-hydrogen) atoms. The molecule has 1 aromatic rings. The van der Waals surface area contributed by atoms with E-state index in [1.54, 1.807) is 6.07 Å². The molecule has 0 aromatic heterocycles. The minimum absolute atomic E-state index is 0.312. The van der Waals surface area contributed by atoms with Gasteiger partial charge in [-0.05, 0) is 55.2 Å². The minimum Gasteiger partial charge on any atom is -0.204 e. The molecule has 0 bridgehead atoms. The molecule has 0 unspecified atom stereocenters. The summed E-state index contributed by atoms with van der Waals surface area (Å²) in [6.07, 6.45) is 7.41. The Labute approximate surface area is 106 Å². The molecule has 1 aliphatic carbocycles. The van der Waals surface area contributed by atoms with Crippen molar-refractivity contribution >= 4 is 0 Å². The first kappa shape index (κ1) is 12.8. The fourth-order valence-electron chi connectivity index (χ4n) is 2.59. The van der Waals surface area contributed by atoms with E-state index in [1.807, 2.05) is 12.1 Å². The molecule has 0 aliphatic heterocycles. The van der Waals surface area contributed by atoms with Crippen LogP contribution in [-0.4, -0.2) is 0 Å². The number of hydrogen-bond acceptors (Lipinski definition) is 1. The predicted molar refractivity (Wildman–Crippen MR) is 65.8 cm³/mol. The van der Waals surface area contributed by atoms with E-state index >= 15 is 0 Å². The lowest BCUT2D eigenvalue weighted by molar-refractivity contribution is 0.374. The number of rotatable bonds is 2. The van der Waals surface area contributed by atoms with Gasteiger partial charge in [-0.3, -0.25) is 0 Å². The van der Waals surface area contributed by atoms with Crippen molar-refractivity contribution in [3.8, 4) is 6.07 Å². The lowest BCUT2D eigenvalue weighted by Crippen LogP contribution is -2.12. The quantitative estimate of drug-likeness (QED) is 0.714. The van der Waals surface area contributed by atoms with Crippen LogP contribution >= 0.6 is 0 Å². The van der Waals surface area contributed by atoms with Crippen molar-refractivity contribution in [3.63, 3.8) is 0 Å². The Bertz CT molecular complexity index is 480. The molecule has 1 aliphatic rings. The van der Waals surface area contributed by atoms with Gasteiger partial charge in [0.25, 0.3) is 0 Å². The van der Waals surface area contributed by atoms with Crippen molar-refractivity contribution in [2.45, 2.75) is 31.6 Å². The Morgan fingerprint density at radius 3 is 2.44 bits per heavy atom. The first-order chi connectivity index (χ1) is 8.70. The first-order valence-corrected chi connectivity index (χ1v) is 6.22. The van der Waals surface area contributed by atoms with Crippen molar-refractivity contribution in [2.75, 3.05) is 0 Å². The van der Waals surface area contributed by atoms with Crippen LogP contribution < -0.4 is 0 Å². The minimum atomic E-state index is -0.788. The van der Waals surface area contributed by atoms with Crippen LogP contribution in [0.2, 0.25) is 0 Å². The van der Waals surface area contributed by atoms with Crippen molar-refractivity contribution in [1.82, 2.24) is 0 Å². The molecule has 0 amide bonds. The van der Waals surface area contributed by atoms with E-state index in [9.17, 15) is 8.78 Å². The monoisotopic (exact) mass is 247 g/mol. The van der Waals surface area contributed by atoms with E-state index in [1.165, 1.54) is 18.2 Å². The lowest BCUT2D eigenvalue weighted by Gasteiger charge is -2.27. The molecule has 1 aromatic carbocycles. The molecule has 0 atom stereocenters. The van der Waals surface area contributed by atoms with Gasteiger partial charge in [0, 0.05) is 6.08 Å². The van der Waals surface area contributed by atoms with Crippen LogP contribution in [0.25, 0.3) is 0 Å². The Morgan fingerprint density at radius 1 is 1.11 bits per heavy atom. The highest BCUT2D eigenvalue weighted by Crippen LogP contribution is 2.36. The van der Waals surface area contributed by atoms with Crippen LogP contribution in [0.1, 0.15) is 37.2 Å². The number of benzene rings is 1. The third-order valence-electron chi connectivity index (χ3n) is 3.63. The standard InChI is InChI=1S/C15H15F2N/c16-14-8-7-13(10-15(14)17)12-5-3-11(4-6-12)2-1-9-18/h1-2,7-8,10-12H,3-6H2/b2-1+. The second-order valence-electron chi connectivity index (χ2n) is 4.77. The van der Waals surface area contributed by atoms with Gasteiger partial charge < -0.3 is 0 Å². The van der Waals surface area contributed by atoms with Crippen molar-refractivity contribution < 1.29 is 8.78 Å². The molecule has 1 saturated carbocycles. The van der Waals surface area contributed by atoms with Gasteiger partial charge in [-0.25, -0.2) is 8.78 Å². The average Bonchev–Trinajstić information content (AvgIpc) is 2.40. The topological polar surface area (TPSA) is 23.8 Å². The van der Waals surface area contributed by atoms with E-state index < -0.39 is 11.6 Å². The van der Waals surface area contributed by atoms with Crippen LogP contribution in [0.3, 0.4) is 0 Å². The Morgan fingerprint density at radius 2 is 1.83 bits per heavy atom. The van der Waals surface area contributed by atoms with E-state index in [0.29, 0.717) is 11.8 Å². The van der Waals surface area contributed by atoms with Gasteiger partial charge in [-0.1, -0.05) is 12.1 Å². The molecule has 0 N–H and O–H groups in total. The molecule has 1 fully saturated rings. The molecule has 0 radical (unpaired) electrons. The third kappa shape index (κ3) is 2.95. The normalized spacial score (nSPS) is 24.1. The zero-order valence-electron chi connectivity index (χ0n) is 10.1. The summed E-state index contributed by atoms with van der Waals surface area (Å²) in [7, 11) is 0. The maximum absolute atomic E-state index is 13.2. The van der Waals surface area contributed by atoms with Crippen LogP contribution in [0, 0.1) is 28.9 Å². The molecular weight excluding hydrogens is 232 g/mol. The van der Waals surface area contributed by atoms with Crippen molar-refractivity contribution in [2.24, 2.45) is 5.92 Å². The Hall–Kier alpha value is -1.69. The van der Waals surface area contributed by atoms with E-state index in [4.69, 9.17) is 5.26 Å². The number of nitriles is 1. The Kier molecular flexibility index (Phi) is 4.09. The molecule has 2 rings (SSSR count). The summed E-state index contributed by atoms with van der Waals surface area (Å²) < 4.78 is 26.0. The van der Waals surface area contributed by atoms with Crippen LogP contribution in [0.15, 0.2) is 30.4 Å². The highest BCUT2D eigenvalue weighted by Gasteiger charge is 2.21. The molecule has 1 nitrogen and oxygen atoms in total. The fraction of sp³-hybridized carbons (Fsp3) is 0.400. The first-order valence-electron chi connectivity index (χ1n) is 6.22. The van der Waals surface area contributed by atoms with E-state index in [-0.39, 0.29) is 0 Å². The summed E-state index contributed by atoms with van der Waals surface area (Å²) in [6, 6.07) is 6.19. The summed E-state index contributed by atoms with van der Waals surface area (Å²) in [6.45, 7) is 0. The summed E-state index contributed by atoms with van der Waals surface area (Å²) in [5.41, 5.74) is 0.886. The van der Waals surface area contributed by atoms with E-state index in [0.717, 1.165) is 31.2 Å². The summed E-state index contributed by atoms with van der Waals surface area (Å²) >= 11 is 0. The molecule has 0 spiro atoms. The predicted octanol–water partition coefficient (Wildman–Crippen LogP) is 4.32.